The van der Waals surface area contributed by atoms with Crippen LogP contribution in [-0.4, -0.2) is 23.1 Å². The van der Waals surface area contributed by atoms with Gasteiger partial charge in [0.15, 0.2) is 11.6 Å². The summed E-state index contributed by atoms with van der Waals surface area (Å²) in [6, 6.07) is -1.46. The summed E-state index contributed by atoms with van der Waals surface area (Å²) in [5.74, 6) is -4.97. The number of carbonyl (C=O) groups excluding carboxylic acids is 1. The van der Waals surface area contributed by atoms with E-state index in [1.807, 2.05) is 5.32 Å². The molecule has 0 radical (unpaired) electrons. The highest BCUT2D eigenvalue weighted by Gasteiger charge is 2.20. The van der Waals surface area contributed by atoms with Gasteiger partial charge in [-0.05, 0) is 6.42 Å². The number of benzene rings is 1. The Labute approximate surface area is 112 Å². The Kier molecular flexibility index (Phi) is 5.36. The summed E-state index contributed by atoms with van der Waals surface area (Å²) in [6.45, 7) is 1.72. The van der Waals surface area contributed by atoms with Crippen LogP contribution < -0.4 is 10.6 Å². The van der Waals surface area contributed by atoms with Gasteiger partial charge in [-0.3, -0.25) is 0 Å². The van der Waals surface area contributed by atoms with Crippen molar-refractivity contribution >= 4 is 17.7 Å². The number of urea groups is 1. The molecule has 1 aromatic carbocycles. The molecule has 0 aliphatic heterocycles. The van der Waals surface area contributed by atoms with Crippen molar-refractivity contribution in [3.05, 3.63) is 29.6 Å². The van der Waals surface area contributed by atoms with E-state index in [0.717, 1.165) is 0 Å². The van der Waals surface area contributed by atoms with Crippen LogP contribution in [0.25, 0.3) is 0 Å². The maximum absolute atomic E-state index is 13.3. The van der Waals surface area contributed by atoms with Crippen LogP contribution in [0.4, 0.5) is 23.7 Å². The number of halogens is 3. The average molecular weight is 290 g/mol. The predicted molar refractivity (Wildman–Crippen MR) is 64.8 cm³/mol. The summed E-state index contributed by atoms with van der Waals surface area (Å²) in [4.78, 5) is 22.3. The van der Waals surface area contributed by atoms with Gasteiger partial charge in [-0.2, -0.15) is 0 Å². The average Bonchev–Trinajstić information content (AvgIpc) is 2.33. The summed E-state index contributed by atoms with van der Waals surface area (Å²) in [5, 5.41) is 12.7. The Morgan fingerprint density at radius 3 is 2.25 bits per heavy atom. The number of anilines is 1. The summed E-state index contributed by atoms with van der Waals surface area (Å²) < 4.78 is 39.2. The van der Waals surface area contributed by atoms with Crippen molar-refractivity contribution < 1.29 is 27.9 Å². The Morgan fingerprint density at radius 1 is 1.25 bits per heavy atom. The Morgan fingerprint density at radius 2 is 1.80 bits per heavy atom. The van der Waals surface area contributed by atoms with Crippen LogP contribution in [-0.2, 0) is 4.79 Å². The van der Waals surface area contributed by atoms with E-state index in [-0.39, 0.29) is 6.42 Å². The van der Waals surface area contributed by atoms with E-state index in [0.29, 0.717) is 18.6 Å². The van der Waals surface area contributed by atoms with Gasteiger partial charge in [-0.1, -0.05) is 13.3 Å². The predicted octanol–water partition coefficient (Wildman–Crippen LogP) is 2.48. The summed E-state index contributed by atoms with van der Waals surface area (Å²) in [5.41, 5.74) is -0.843. The zero-order chi connectivity index (χ0) is 15.3. The quantitative estimate of drug-likeness (QED) is 0.779. The minimum absolute atomic E-state index is 0.164. The highest BCUT2D eigenvalue weighted by atomic mass is 19.1. The van der Waals surface area contributed by atoms with Gasteiger partial charge in [0.05, 0.1) is 0 Å². The molecule has 3 N–H and O–H groups in total. The van der Waals surface area contributed by atoms with Crippen LogP contribution in [0.2, 0.25) is 0 Å². The summed E-state index contributed by atoms with van der Waals surface area (Å²) >= 11 is 0. The van der Waals surface area contributed by atoms with Crippen molar-refractivity contribution in [3.63, 3.8) is 0 Å². The van der Waals surface area contributed by atoms with Crippen molar-refractivity contribution in [2.24, 2.45) is 0 Å². The second kappa shape index (κ2) is 6.78. The molecule has 110 valence electrons. The second-order valence-electron chi connectivity index (χ2n) is 4.02. The monoisotopic (exact) mass is 290 g/mol. The molecule has 2 amide bonds. The molecular weight excluding hydrogens is 277 g/mol. The molecule has 0 spiro atoms. The molecule has 0 saturated heterocycles. The van der Waals surface area contributed by atoms with Crippen molar-refractivity contribution in [1.82, 2.24) is 5.32 Å². The van der Waals surface area contributed by atoms with Crippen LogP contribution in [0.1, 0.15) is 19.8 Å². The number of nitrogens with one attached hydrogen (secondary N) is 2. The Bertz CT molecular complexity index is 500. The van der Waals surface area contributed by atoms with E-state index in [9.17, 15) is 22.8 Å². The minimum atomic E-state index is -1.29. The van der Waals surface area contributed by atoms with Gasteiger partial charge < -0.3 is 15.7 Å². The van der Waals surface area contributed by atoms with Gasteiger partial charge >= 0.3 is 12.0 Å². The third-order valence-electron chi connectivity index (χ3n) is 2.43. The van der Waals surface area contributed by atoms with Crippen LogP contribution in [0.5, 0.6) is 0 Å². The zero-order valence-electron chi connectivity index (χ0n) is 10.5. The number of rotatable bonds is 5. The van der Waals surface area contributed by atoms with Gasteiger partial charge in [0.2, 0.25) is 0 Å². The first-order valence-corrected chi connectivity index (χ1v) is 5.80. The fourth-order valence-corrected chi connectivity index (χ4v) is 1.52. The number of aliphatic carboxylic acids is 1. The lowest BCUT2D eigenvalue weighted by atomic mass is 10.2. The molecule has 1 atom stereocenters. The van der Waals surface area contributed by atoms with Crippen molar-refractivity contribution in [2.75, 3.05) is 5.32 Å². The smallest absolute Gasteiger partial charge is 0.326 e. The molecule has 0 aromatic heterocycles. The number of carbonyl (C=O) groups is 2. The topological polar surface area (TPSA) is 78.4 Å². The SMILES string of the molecule is CCC[C@H](NC(=O)Nc1c(F)cc(F)cc1F)C(=O)O. The molecule has 5 nitrogen and oxygen atoms in total. The van der Waals surface area contributed by atoms with Crippen LogP contribution in [0.15, 0.2) is 12.1 Å². The molecule has 0 aliphatic rings. The summed E-state index contributed by atoms with van der Waals surface area (Å²) in [7, 11) is 0. The van der Waals surface area contributed by atoms with Gasteiger partial charge in [-0.15, -0.1) is 0 Å². The van der Waals surface area contributed by atoms with Gasteiger partial charge in [-0.25, -0.2) is 22.8 Å². The first-order valence-electron chi connectivity index (χ1n) is 5.80. The Balaban J connectivity index is 2.78. The molecule has 8 heteroatoms. The molecule has 1 aromatic rings. The molecule has 0 aliphatic carbocycles. The van der Waals surface area contributed by atoms with Gasteiger partial charge in [0, 0.05) is 12.1 Å². The molecule has 0 saturated carbocycles. The molecule has 20 heavy (non-hydrogen) atoms. The number of carboxylic acids is 1. The highest BCUT2D eigenvalue weighted by Crippen LogP contribution is 2.19. The van der Waals surface area contributed by atoms with E-state index in [1.54, 1.807) is 6.92 Å². The highest BCUT2D eigenvalue weighted by molar-refractivity contribution is 5.92. The van der Waals surface area contributed by atoms with Crippen LogP contribution in [0, 0.1) is 17.5 Å². The lowest BCUT2D eigenvalue weighted by Gasteiger charge is -2.14. The maximum atomic E-state index is 13.3. The van der Waals surface area contributed by atoms with Crippen molar-refractivity contribution in [3.8, 4) is 0 Å². The first kappa shape index (κ1) is 15.8. The number of hydrogen-bond donors (Lipinski definition) is 3. The summed E-state index contributed by atoms with van der Waals surface area (Å²) in [6.07, 6.45) is 0.660. The van der Waals surface area contributed by atoms with Gasteiger partial charge in [0.1, 0.15) is 17.5 Å². The fraction of sp³-hybridized carbons (Fsp3) is 0.333. The van der Waals surface area contributed by atoms with E-state index in [4.69, 9.17) is 5.11 Å². The van der Waals surface area contributed by atoms with Crippen LogP contribution >= 0.6 is 0 Å². The minimum Gasteiger partial charge on any atom is -0.480 e. The van der Waals surface area contributed by atoms with Gasteiger partial charge in [0.25, 0.3) is 0 Å². The number of amides is 2. The number of hydrogen-bond acceptors (Lipinski definition) is 2. The number of carboxylic acid groups (broad SMARTS) is 1. The molecule has 0 fully saturated rings. The van der Waals surface area contributed by atoms with Crippen molar-refractivity contribution in [2.45, 2.75) is 25.8 Å². The first-order chi connectivity index (χ1) is 9.35. The molecule has 0 bridgehead atoms. The third-order valence-corrected chi connectivity index (χ3v) is 2.43. The van der Waals surface area contributed by atoms with Crippen LogP contribution in [0.3, 0.4) is 0 Å². The lowest BCUT2D eigenvalue weighted by molar-refractivity contribution is -0.139. The molecule has 1 rings (SSSR count). The normalized spacial score (nSPS) is 11.8. The standard InChI is InChI=1S/C12H13F3N2O3/c1-2-3-9(11(18)19)16-12(20)17-10-7(14)4-6(13)5-8(10)15/h4-5,9H,2-3H2,1H3,(H,18,19)(H2,16,17,20)/t9-/m0/s1. The second-order valence-corrected chi connectivity index (χ2v) is 4.02. The molecule has 0 unspecified atom stereocenters. The largest absolute Gasteiger partial charge is 0.480 e. The Hall–Kier alpha value is -2.25. The molecular formula is C12H13F3N2O3. The lowest BCUT2D eigenvalue weighted by Crippen LogP contribution is -2.43. The van der Waals surface area contributed by atoms with E-state index in [2.05, 4.69) is 5.32 Å². The molecule has 0 heterocycles. The van der Waals surface area contributed by atoms with E-state index >= 15 is 0 Å². The maximum Gasteiger partial charge on any atom is 0.326 e. The van der Waals surface area contributed by atoms with E-state index < -0.39 is 41.2 Å². The van der Waals surface area contributed by atoms with E-state index in [1.165, 1.54) is 0 Å². The van der Waals surface area contributed by atoms with Crippen molar-refractivity contribution in [1.29, 1.82) is 0 Å². The third kappa shape index (κ3) is 4.15. The zero-order valence-corrected chi connectivity index (χ0v) is 10.5. The fourth-order valence-electron chi connectivity index (χ4n) is 1.52.